The van der Waals surface area contributed by atoms with Crippen molar-refractivity contribution in [1.82, 2.24) is 0 Å². The van der Waals surface area contributed by atoms with Gasteiger partial charge in [0.1, 0.15) is 0 Å². The van der Waals surface area contributed by atoms with Crippen LogP contribution in [0.25, 0.3) is 0 Å². The molecule has 0 spiro atoms. The second kappa shape index (κ2) is 5.11. The summed E-state index contributed by atoms with van der Waals surface area (Å²) >= 11 is 0. The first kappa shape index (κ1) is 16.6. The highest BCUT2D eigenvalue weighted by Gasteiger charge is 2.75. The van der Waals surface area contributed by atoms with Crippen LogP contribution in [-0.2, 0) is 9.53 Å². The summed E-state index contributed by atoms with van der Waals surface area (Å²) in [5.41, 5.74) is 0. The zero-order chi connectivity index (χ0) is 14.8. The first-order valence-corrected chi connectivity index (χ1v) is 4.24. The number of hydrogen-bond donors (Lipinski definition) is 0. The fourth-order valence-corrected chi connectivity index (χ4v) is 0.706. The first-order chi connectivity index (χ1) is 7.88. The molecule has 0 N–H and O–H groups in total. The van der Waals surface area contributed by atoms with Gasteiger partial charge in [0.25, 0.3) is 0 Å². The predicted octanol–water partition coefficient (Wildman–Crippen LogP) is 3.24. The van der Waals surface area contributed by atoms with Crippen molar-refractivity contribution in [2.75, 3.05) is 6.61 Å². The van der Waals surface area contributed by atoms with Crippen LogP contribution in [0.4, 0.5) is 35.1 Å². The number of alkyl halides is 7. The van der Waals surface area contributed by atoms with Gasteiger partial charge in [0.2, 0.25) is 0 Å². The third-order valence-electron chi connectivity index (χ3n) is 1.58. The predicted molar refractivity (Wildman–Crippen MR) is 41.8 cm³/mol. The van der Waals surface area contributed by atoms with E-state index in [-0.39, 0.29) is 0 Å². The molecule has 0 unspecified atom stereocenters. The van der Waals surface area contributed by atoms with E-state index in [9.17, 15) is 39.9 Å². The molecule has 0 rings (SSSR count). The molecule has 0 atom stereocenters. The lowest BCUT2D eigenvalue weighted by molar-refractivity contribution is -0.347. The lowest BCUT2D eigenvalue weighted by atomic mass is 10.1. The number of halogens is 8. The molecule has 0 bridgehead atoms. The smallest absolute Gasteiger partial charge is 0.460 e. The fraction of sp³-hybridized carbons (Fsp3) is 0.625. The van der Waals surface area contributed by atoms with Gasteiger partial charge in [-0.25, -0.2) is 9.18 Å². The molecule has 10 heteroatoms. The number of esters is 1. The highest BCUT2D eigenvalue weighted by Crippen LogP contribution is 2.49. The van der Waals surface area contributed by atoms with Crippen LogP contribution in [0.15, 0.2) is 11.9 Å². The average molecular weight is 286 g/mol. The van der Waals surface area contributed by atoms with E-state index in [4.69, 9.17) is 0 Å². The number of rotatable bonds is 4. The maximum absolute atomic E-state index is 12.6. The summed E-state index contributed by atoms with van der Waals surface area (Å²) < 4.78 is 101. The molecule has 2 nitrogen and oxygen atoms in total. The second-order valence-electron chi connectivity index (χ2n) is 2.89. The summed E-state index contributed by atoms with van der Waals surface area (Å²) in [5, 5.41) is 0. The molecule has 0 heterocycles. The first-order valence-electron chi connectivity index (χ1n) is 4.24. The Kier molecular flexibility index (Phi) is 4.72. The molecule has 18 heavy (non-hydrogen) atoms. The maximum Gasteiger partial charge on any atom is 0.460 e. The zero-order valence-corrected chi connectivity index (χ0v) is 8.62. The van der Waals surface area contributed by atoms with E-state index in [2.05, 4.69) is 4.74 Å². The molecule has 0 aromatic heterocycles. The number of carbonyl (C=O) groups is 1. The van der Waals surface area contributed by atoms with E-state index < -0.39 is 42.5 Å². The molecule has 0 saturated carbocycles. The van der Waals surface area contributed by atoms with E-state index in [1.807, 2.05) is 0 Å². The summed E-state index contributed by atoms with van der Waals surface area (Å²) in [6.45, 7) is 0.788. The third-order valence-corrected chi connectivity index (χ3v) is 1.58. The van der Waals surface area contributed by atoms with Crippen LogP contribution >= 0.6 is 0 Å². The van der Waals surface area contributed by atoms with Gasteiger partial charge in [-0.1, -0.05) is 0 Å². The molecule has 0 aromatic carbocycles. The van der Waals surface area contributed by atoms with Gasteiger partial charge in [-0.2, -0.15) is 30.7 Å². The Morgan fingerprint density at radius 3 is 1.89 bits per heavy atom. The average Bonchev–Trinajstić information content (AvgIpc) is 2.15. The van der Waals surface area contributed by atoms with Crippen LogP contribution in [0.2, 0.25) is 0 Å². The molecule has 0 fully saturated rings. The molecule has 0 amide bonds. The van der Waals surface area contributed by atoms with Crippen molar-refractivity contribution in [3.8, 4) is 0 Å². The topological polar surface area (TPSA) is 26.3 Å². The van der Waals surface area contributed by atoms with Crippen molar-refractivity contribution >= 4 is 5.97 Å². The summed E-state index contributed by atoms with van der Waals surface area (Å²) in [6, 6.07) is 0. The monoisotopic (exact) mass is 286 g/mol. The Bertz CT molecular complexity index is 343. The molecule has 0 aliphatic carbocycles. The standard InChI is InChI=1S/C8H6F8O2/c1-2-18-5(17)3-4(9)6(10,11)7(12,13)8(14,15)16/h3H,2H2,1H3/b4-3-. The number of ether oxygens (including phenoxy) is 1. The second-order valence-corrected chi connectivity index (χ2v) is 2.89. The Balaban J connectivity index is 5.33. The minimum Gasteiger partial charge on any atom is -0.463 e. The fourth-order valence-electron chi connectivity index (χ4n) is 0.706. The lowest BCUT2D eigenvalue weighted by Crippen LogP contribution is -2.52. The van der Waals surface area contributed by atoms with Gasteiger partial charge in [-0.15, -0.1) is 0 Å². The number of allylic oxidation sites excluding steroid dienone is 1. The van der Waals surface area contributed by atoms with Gasteiger partial charge in [0.15, 0.2) is 5.83 Å². The Morgan fingerprint density at radius 2 is 1.56 bits per heavy atom. The molecule has 0 radical (unpaired) electrons. The van der Waals surface area contributed by atoms with Crippen molar-refractivity contribution in [3.05, 3.63) is 11.9 Å². The Morgan fingerprint density at radius 1 is 1.11 bits per heavy atom. The van der Waals surface area contributed by atoms with Gasteiger partial charge in [-0.3, -0.25) is 0 Å². The van der Waals surface area contributed by atoms with Gasteiger partial charge < -0.3 is 4.74 Å². The maximum atomic E-state index is 12.6. The number of hydrogen-bond acceptors (Lipinski definition) is 2. The molecule has 0 saturated heterocycles. The van der Waals surface area contributed by atoms with Crippen LogP contribution in [0.3, 0.4) is 0 Å². The number of carbonyl (C=O) groups excluding carboxylic acids is 1. The van der Waals surface area contributed by atoms with E-state index >= 15 is 0 Å². The lowest BCUT2D eigenvalue weighted by Gasteiger charge is -2.26. The van der Waals surface area contributed by atoms with Crippen molar-refractivity contribution in [2.45, 2.75) is 24.9 Å². The Hall–Kier alpha value is -1.35. The van der Waals surface area contributed by atoms with Gasteiger partial charge >= 0.3 is 24.0 Å². The van der Waals surface area contributed by atoms with E-state index in [1.54, 1.807) is 0 Å². The van der Waals surface area contributed by atoms with Crippen LogP contribution in [0, 0.1) is 0 Å². The summed E-state index contributed by atoms with van der Waals surface area (Å²) in [6.07, 6.45) is -7.43. The van der Waals surface area contributed by atoms with Crippen LogP contribution in [0.1, 0.15) is 6.92 Å². The molecule has 0 aliphatic heterocycles. The third kappa shape index (κ3) is 3.10. The van der Waals surface area contributed by atoms with E-state index in [0.29, 0.717) is 0 Å². The van der Waals surface area contributed by atoms with Crippen molar-refractivity contribution < 1.29 is 44.7 Å². The summed E-state index contributed by atoms with van der Waals surface area (Å²) in [5.74, 6) is -17.9. The van der Waals surface area contributed by atoms with Gasteiger partial charge in [0.05, 0.1) is 12.7 Å². The van der Waals surface area contributed by atoms with Crippen molar-refractivity contribution in [2.24, 2.45) is 0 Å². The van der Waals surface area contributed by atoms with Crippen LogP contribution in [0.5, 0.6) is 0 Å². The molecule has 0 aliphatic rings. The van der Waals surface area contributed by atoms with Crippen LogP contribution < -0.4 is 0 Å². The minimum atomic E-state index is -6.67. The normalized spacial score (nSPS) is 14.6. The molecule has 0 aromatic rings. The van der Waals surface area contributed by atoms with E-state index in [1.165, 1.54) is 6.92 Å². The Labute approximate surface area is 95.2 Å². The summed E-state index contributed by atoms with van der Waals surface area (Å²) in [4.78, 5) is 10.5. The highest BCUT2D eigenvalue weighted by atomic mass is 19.4. The largest absolute Gasteiger partial charge is 0.463 e. The van der Waals surface area contributed by atoms with Gasteiger partial charge in [0, 0.05) is 0 Å². The molecular weight excluding hydrogens is 280 g/mol. The quantitative estimate of drug-likeness (QED) is 0.450. The highest BCUT2D eigenvalue weighted by molar-refractivity contribution is 5.82. The van der Waals surface area contributed by atoms with Gasteiger partial charge in [-0.05, 0) is 6.92 Å². The summed E-state index contributed by atoms with van der Waals surface area (Å²) in [7, 11) is 0. The SMILES string of the molecule is CCOC(=O)/C=C(\F)C(F)(F)C(F)(F)C(F)(F)F. The van der Waals surface area contributed by atoms with E-state index in [0.717, 1.165) is 0 Å². The van der Waals surface area contributed by atoms with Crippen molar-refractivity contribution in [3.63, 3.8) is 0 Å². The zero-order valence-electron chi connectivity index (χ0n) is 8.62. The molecular formula is C8H6F8O2. The van der Waals surface area contributed by atoms with Crippen molar-refractivity contribution in [1.29, 1.82) is 0 Å². The minimum absolute atomic E-state index is 0.399. The molecule has 106 valence electrons. The van der Waals surface area contributed by atoms with Crippen LogP contribution in [-0.4, -0.2) is 30.6 Å².